The Morgan fingerprint density at radius 3 is 2.32 bits per heavy atom. The van der Waals surface area contributed by atoms with Crippen LogP contribution < -0.4 is 16.0 Å². The molecule has 1 amide bonds. The third kappa shape index (κ3) is 14.3. The molecule has 8 heteroatoms. The lowest BCUT2D eigenvalue weighted by Gasteiger charge is -2.12. The van der Waals surface area contributed by atoms with E-state index in [0.717, 1.165) is 44.8 Å². The van der Waals surface area contributed by atoms with Gasteiger partial charge in [-0.15, -0.1) is 24.0 Å². The van der Waals surface area contributed by atoms with E-state index in [1.165, 1.54) is 0 Å². The summed E-state index contributed by atoms with van der Waals surface area (Å²) in [5, 5.41) is 9.31. The number of hydrogen-bond acceptors (Lipinski definition) is 4. The molecule has 0 aromatic heterocycles. The highest BCUT2D eigenvalue weighted by atomic mass is 127. The fraction of sp³-hybridized carbons (Fsp3) is 0.882. The molecule has 0 spiro atoms. The Hall–Kier alpha value is -0.610. The molecule has 0 aromatic carbocycles. The maximum absolute atomic E-state index is 11.5. The second-order valence-electron chi connectivity index (χ2n) is 5.83. The first-order valence-corrected chi connectivity index (χ1v) is 9.23. The third-order valence-corrected chi connectivity index (χ3v) is 3.53. The van der Waals surface area contributed by atoms with Crippen LogP contribution in [0.2, 0.25) is 0 Å². The fourth-order valence-corrected chi connectivity index (χ4v) is 1.99. The second-order valence-corrected chi connectivity index (χ2v) is 5.83. The van der Waals surface area contributed by atoms with E-state index in [9.17, 15) is 4.79 Å². The van der Waals surface area contributed by atoms with Crippen molar-refractivity contribution >= 4 is 35.8 Å². The predicted molar refractivity (Wildman–Crippen MR) is 112 cm³/mol. The van der Waals surface area contributed by atoms with E-state index in [1.54, 1.807) is 0 Å². The van der Waals surface area contributed by atoms with Gasteiger partial charge in [0.15, 0.2) is 5.96 Å². The number of amides is 1. The van der Waals surface area contributed by atoms with Crippen molar-refractivity contribution in [1.82, 2.24) is 16.0 Å². The van der Waals surface area contributed by atoms with Crippen LogP contribution in [0.15, 0.2) is 4.99 Å². The Morgan fingerprint density at radius 1 is 1.00 bits per heavy atom. The standard InChI is InChI=1S/C17H34N4O3.HI/c1-3-5-11-23-13-14-24-12-10-21-17(18-4-2)20-9-8-19-16(22)15-6-7-15;/h15H,3-14H2,1-2H3,(H,19,22)(H2,18,20,21);1H. The van der Waals surface area contributed by atoms with Crippen LogP contribution >= 0.6 is 24.0 Å². The Kier molecular flexibility index (Phi) is 16.4. The number of rotatable bonds is 14. The Labute approximate surface area is 169 Å². The van der Waals surface area contributed by atoms with E-state index in [4.69, 9.17) is 9.47 Å². The Balaban J connectivity index is 0.00000576. The minimum atomic E-state index is 0. The van der Waals surface area contributed by atoms with Crippen LogP contribution in [0.3, 0.4) is 0 Å². The average Bonchev–Trinajstić information content (AvgIpc) is 3.42. The molecule has 3 N–H and O–H groups in total. The summed E-state index contributed by atoms with van der Waals surface area (Å²) in [6, 6.07) is 0. The number of carbonyl (C=O) groups is 1. The van der Waals surface area contributed by atoms with E-state index in [2.05, 4.69) is 27.9 Å². The first-order valence-electron chi connectivity index (χ1n) is 9.23. The molecule has 148 valence electrons. The summed E-state index contributed by atoms with van der Waals surface area (Å²) in [5.74, 6) is 1.18. The van der Waals surface area contributed by atoms with Gasteiger partial charge in [-0.25, -0.2) is 0 Å². The molecule has 0 unspecified atom stereocenters. The molecule has 1 aliphatic carbocycles. The van der Waals surface area contributed by atoms with Crippen molar-refractivity contribution in [2.75, 3.05) is 52.6 Å². The van der Waals surface area contributed by atoms with Crippen molar-refractivity contribution in [3.8, 4) is 0 Å². The summed E-state index contributed by atoms with van der Waals surface area (Å²) >= 11 is 0. The van der Waals surface area contributed by atoms with Crippen molar-refractivity contribution in [2.45, 2.75) is 39.5 Å². The van der Waals surface area contributed by atoms with Gasteiger partial charge in [0.05, 0.1) is 26.4 Å². The molecule has 0 heterocycles. The molecule has 1 rings (SSSR count). The SMILES string of the molecule is CCCCOCCOCCN=C(NCC)NCCNC(=O)C1CC1.I. The first kappa shape index (κ1) is 24.4. The quantitative estimate of drug-likeness (QED) is 0.155. The van der Waals surface area contributed by atoms with Gasteiger partial charge in [0.2, 0.25) is 5.91 Å². The van der Waals surface area contributed by atoms with Crippen molar-refractivity contribution in [2.24, 2.45) is 10.9 Å². The molecule has 0 radical (unpaired) electrons. The second kappa shape index (κ2) is 16.8. The number of aliphatic imine (C=N–C) groups is 1. The van der Waals surface area contributed by atoms with Gasteiger partial charge >= 0.3 is 0 Å². The summed E-state index contributed by atoms with van der Waals surface area (Å²) in [6.45, 7) is 9.48. The highest BCUT2D eigenvalue weighted by Crippen LogP contribution is 2.28. The van der Waals surface area contributed by atoms with Crippen LogP contribution in [0.1, 0.15) is 39.5 Å². The van der Waals surface area contributed by atoms with Gasteiger partial charge in [-0.05, 0) is 26.2 Å². The van der Waals surface area contributed by atoms with Gasteiger partial charge in [0.25, 0.3) is 0 Å². The number of nitrogens with one attached hydrogen (secondary N) is 3. The summed E-state index contributed by atoms with van der Waals surface area (Å²) in [6.07, 6.45) is 4.32. The lowest BCUT2D eigenvalue weighted by Crippen LogP contribution is -2.42. The molecule has 0 atom stereocenters. The Morgan fingerprint density at radius 2 is 1.68 bits per heavy atom. The molecular weight excluding hydrogens is 435 g/mol. The molecule has 25 heavy (non-hydrogen) atoms. The van der Waals surface area contributed by atoms with Crippen molar-refractivity contribution in [3.05, 3.63) is 0 Å². The molecule has 1 aliphatic rings. The number of hydrogen-bond donors (Lipinski definition) is 3. The summed E-state index contributed by atoms with van der Waals surface area (Å²) in [4.78, 5) is 16.0. The van der Waals surface area contributed by atoms with Gasteiger partial charge in [0.1, 0.15) is 0 Å². The molecule has 1 saturated carbocycles. The first-order chi connectivity index (χ1) is 11.8. The summed E-state index contributed by atoms with van der Waals surface area (Å²) < 4.78 is 10.9. The van der Waals surface area contributed by atoms with Gasteiger partial charge in [-0.3, -0.25) is 9.79 Å². The van der Waals surface area contributed by atoms with E-state index < -0.39 is 0 Å². The number of ether oxygens (including phenoxy) is 2. The van der Waals surface area contributed by atoms with Gasteiger partial charge < -0.3 is 25.4 Å². The lowest BCUT2D eigenvalue weighted by molar-refractivity contribution is -0.122. The summed E-state index contributed by atoms with van der Waals surface area (Å²) in [5.41, 5.74) is 0. The van der Waals surface area contributed by atoms with Crippen LogP contribution in [0.25, 0.3) is 0 Å². The largest absolute Gasteiger partial charge is 0.379 e. The molecule has 7 nitrogen and oxygen atoms in total. The van der Waals surface area contributed by atoms with E-state index >= 15 is 0 Å². The number of unbranched alkanes of at least 4 members (excludes halogenated alkanes) is 1. The van der Waals surface area contributed by atoms with Crippen molar-refractivity contribution < 1.29 is 14.3 Å². The topological polar surface area (TPSA) is 84.0 Å². The van der Waals surface area contributed by atoms with E-state index in [0.29, 0.717) is 39.5 Å². The highest BCUT2D eigenvalue weighted by Gasteiger charge is 2.28. The molecule has 0 aliphatic heterocycles. The average molecular weight is 470 g/mol. The van der Waals surface area contributed by atoms with E-state index in [1.807, 2.05) is 6.92 Å². The third-order valence-electron chi connectivity index (χ3n) is 3.53. The molecular formula is C17H35IN4O3. The zero-order chi connectivity index (χ0) is 17.5. The zero-order valence-electron chi connectivity index (χ0n) is 15.6. The number of carbonyl (C=O) groups excluding carboxylic acids is 1. The number of guanidine groups is 1. The molecule has 0 aromatic rings. The minimum absolute atomic E-state index is 0. The zero-order valence-corrected chi connectivity index (χ0v) is 18.0. The van der Waals surface area contributed by atoms with Crippen LogP contribution in [-0.4, -0.2) is 64.5 Å². The maximum atomic E-state index is 11.5. The fourth-order valence-electron chi connectivity index (χ4n) is 1.99. The minimum Gasteiger partial charge on any atom is -0.379 e. The maximum Gasteiger partial charge on any atom is 0.223 e. The van der Waals surface area contributed by atoms with Crippen molar-refractivity contribution in [3.63, 3.8) is 0 Å². The van der Waals surface area contributed by atoms with Gasteiger partial charge in [-0.1, -0.05) is 13.3 Å². The van der Waals surface area contributed by atoms with Crippen LogP contribution in [0.5, 0.6) is 0 Å². The monoisotopic (exact) mass is 470 g/mol. The van der Waals surface area contributed by atoms with E-state index in [-0.39, 0.29) is 35.8 Å². The Bertz CT molecular complexity index is 366. The summed E-state index contributed by atoms with van der Waals surface area (Å²) in [7, 11) is 0. The molecule has 1 fully saturated rings. The lowest BCUT2D eigenvalue weighted by atomic mass is 10.4. The molecule has 0 bridgehead atoms. The number of nitrogens with zero attached hydrogens (tertiary/aromatic N) is 1. The van der Waals surface area contributed by atoms with Crippen LogP contribution in [0.4, 0.5) is 0 Å². The predicted octanol–water partition coefficient (Wildman–Crippen LogP) is 1.52. The van der Waals surface area contributed by atoms with Gasteiger partial charge in [-0.2, -0.15) is 0 Å². The van der Waals surface area contributed by atoms with Gasteiger partial charge in [0, 0.05) is 32.2 Å². The van der Waals surface area contributed by atoms with Crippen molar-refractivity contribution in [1.29, 1.82) is 0 Å². The molecule has 0 saturated heterocycles. The van der Waals surface area contributed by atoms with Crippen LogP contribution in [-0.2, 0) is 14.3 Å². The number of halogens is 1. The normalized spacial score (nSPS) is 13.9. The smallest absolute Gasteiger partial charge is 0.223 e. The van der Waals surface area contributed by atoms with Crippen LogP contribution in [0, 0.1) is 5.92 Å². The highest BCUT2D eigenvalue weighted by molar-refractivity contribution is 14.0.